The predicted molar refractivity (Wildman–Crippen MR) is 77.2 cm³/mol. The number of nitriles is 1. The van der Waals surface area contributed by atoms with Crippen molar-refractivity contribution in [1.29, 1.82) is 5.26 Å². The topological polar surface area (TPSA) is 62.1 Å². The van der Waals surface area contributed by atoms with Crippen LogP contribution in [-0.4, -0.2) is 18.6 Å². The number of hydrogen-bond donors (Lipinski definition) is 1. The molecule has 1 amide bonds. The highest BCUT2D eigenvalue weighted by atomic mass is 16.5. The van der Waals surface area contributed by atoms with Crippen LogP contribution in [0.2, 0.25) is 0 Å². The minimum Gasteiger partial charge on any atom is -0.368 e. The molecule has 0 aliphatic heterocycles. The van der Waals surface area contributed by atoms with Gasteiger partial charge in [-0.05, 0) is 43.0 Å². The van der Waals surface area contributed by atoms with E-state index in [4.69, 9.17) is 10.00 Å². The number of amides is 1. The molecule has 20 heavy (non-hydrogen) atoms. The predicted octanol–water partition coefficient (Wildman–Crippen LogP) is 3.09. The lowest BCUT2D eigenvalue weighted by Gasteiger charge is -2.26. The molecule has 0 aromatic heterocycles. The first kappa shape index (κ1) is 14.5. The Morgan fingerprint density at radius 3 is 2.80 bits per heavy atom. The third-order valence-corrected chi connectivity index (χ3v) is 3.64. The first-order valence-corrected chi connectivity index (χ1v) is 7.09. The van der Waals surface area contributed by atoms with Gasteiger partial charge in [0.25, 0.3) is 0 Å². The van der Waals surface area contributed by atoms with Crippen molar-refractivity contribution >= 4 is 11.6 Å². The second-order valence-electron chi connectivity index (χ2n) is 5.44. The maximum atomic E-state index is 11.8. The normalized spacial score (nSPS) is 22.0. The summed E-state index contributed by atoms with van der Waals surface area (Å²) >= 11 is 0. The zero-order chi connectivity index (χ0) is 14.4. The highest BCUT2D eigenvalue weighted by Gasteiger charge is 2.20. The molecule has 0 bridgehead atoms. The summed E-state index contributed by atoms with van der Waals surface area (Å²) in [6, 6.07) is 8.84. The Morgan fingerprint density at radius 2 is 2.15 bits per heavy atom. The van der Waals surface area contributed by atoms with E-state index < -0.39 is 0 Å². The molecule has 1 aliphatic rings. The summed E-state index contributed by atoms with van der Waals surface area (Å²) in [5.41, 5.74) is 1.27. The lowest BCUT2D eigenvalue weighted by Crippen LogP contribution is -2.26. The van der Waals surface area contributed by atoms with Gasteiger partial charge in [0, 0.05) is 5.69 Å². The molecule has 4 nitrogen and oxygen atoms in total. The van der Waals surface area contributed by atoms with Gasteiger partial charge < -0.3 is 10.1 Å². The number of ether oxygens (including phenoxy) is 1. The quantitative estimate of drug-likeness (QED) is 0.916. The number of anilines is 1. The maximum absolute atomic E-state index is 11.8. The largest absolute Gasteiger partial charge is 0.368 e. The van der Waals surface area contributed by atoms with Gasteiger partial charge in [0.1, 0.15) is 6.61 Å². The van der Waals surface area contributed by atoms with Crippen molar-refractivity contribution in [2.45, 2.75) is 38.7 Å². The van der Waals surface area contributed by atoms with Crippen LogP contribution < -0.4 is 5.32 Å². The molecule has 0 spiro atoms. The minimum absolute atomic E-state index is 0.0946. The number of carbonyl (C=O) groups is 1. The van der Waals surface area contributed by atoms with Crippen LogP contribution in [0.5, 0.6) is 0 Å². The molecule has 1 aliphatic carbocycles. The van der Waals surface area contributed by atoms with Crippen molar-refractivity contribution in [1.82, 2.24) is 0 Å². The van der Waals surface area contributed by atoms with E-state index in [1.807, 2.05) is 6.07 Å². The summed E-state index contributed by atoms with van der Waals surface area (Å²) < 4.78 is 5.67. The second kappa shape index (κ2) is 7.06. The monoisotopic (exact) mass is 272 g/mol. The van der Waals surface area contributed by atoms with E-state index >= 15 is 0 Å². The Morgan fingerprint density at radius 1 is 1.40 bits per heavy atom. The molecule has 1 N–H and O–H groups in total. The van der Waals surface area contributed by atoms with Crippen molar-refractivity contribution < 1.29 is 9.53 Å². The summed E-state index contributed by atoms with van der Waals surface area (Å²) in [7, 11) is 0. The zero-order valence-corrected chi connectivity index (χ0v) is 11.8. The Hall–Kier alpha value is -1.86. The molecule has 2 atom stereocenters. The Labute approximate surface area is 119 Å². The average Bonchev–Trinajstić information content (AvgIpc) is 2.46. The van der Waals surface area contributed by atoms with Crippen LogP contribution in [0.4, 0.5) is 5.69 Å². The Kier molecular flexibility index (Phi) is 5.14. The standard InChI is InChI=1S/C16H20N2O2/c1-12-3-2-4-15(9-12)20-11-16(19)18-14-7-5-13(10-17)6-8-14/h5-8,12,15H,2-4,9,11H2,1H3,(H,18,19). The van der Waals surface area contributed by atoms with Crippen LogP contribution in [0.1, 0.15) is 38.2 Å². The van der Waals surface area contributed by atoms with Crippen molar-refractivity contribution in [2.75, 3.05) is 11.9 Å². The summed E-state index contributed by atoms with van der Waals surface area (Å²) in [6.45, 7) is 2.32. The van der Waals surface area contributed by atoms with Crippen LogP contribution in [0, 0.1) is 17.2 Å². The number of benzene rings is 1. The molecule has 1 saturated carbocycles. The van der Waals surface area contributed by atoms with Crippen LogP contribution in [-0.2, 0) is 9.53 Å². The summed E-state index contributed by atoms with van der Waals surface area (Å²) in [4.78, 5) is 11.8. The molecular formula is C16H20N2O2. The number of nitrogens with zero attached hydrogens (tertiary/aromatic N) is 1. The molecular weight excluding hydrogens is 252 g/mol. The van der Waals surface area contributed by atoms with Crippen LogP contribution in [0.3, 0.4) is 0 Å². The molecule has 0 heterocycles. The first-order valence-electron chi connectivity index (χ1n) is 7.09. The average molecular weight is 272 g/mol. The highest BCUT2D eigenvalue weighted by molar-refractivity contribution is 5.91. The lowest BCUT2D eigenvalue weighted by atomic mass is 9.89. The number of carbonyl (C=O) groups excluding carboxylic acids is 1. The summed E-state index contributed by atoms with van der Waals surface area (Å²) in [5.74, 6) is 0.545. The van der Waals surface area contributed by atoms with E-state index in [2.05, 4.69) is 12.2 Å². The SMILES string of the molecule is CC1CCCC(OCC(=O)Nc2ccc(C#N)cc2)C1. The molecule has 1 fully saturated rings. The first-order chi connectivity index (χ1) is 9.67. The fraction of sp³-hybridized carbons (Fsp3) is 0.500. The summed E-state index contributed by atoms with van der Waals surface area (Å²) in [5, 5.41) is 11.5. The molecule has 2 rings (SSSR count). The minimum atomic E-state index is -0.145. The second-order valence-corrected chi connectivity index (χ2v) is 5.44. The summed E-state index contributed by atoms with van der Waals surface area (Å²) in [6.07, 6.45) is 4.75. The molecule has 1 aromatic carbocycles. The highest BCUT2D eigenvalue weighted by Crippen LogP contribution is 2.25. The van der Waals surface area contributed by atoms with Gasteiger partial charge >= 0.3 is 0 Å². The third-order valence-electron chi connectivity index (χ3n) is 3.64. The molecule has 106 valence electrons. The smallest absolute Gasteiger partial charge is 0.250 e. The van der Waals surface area contributed by atoms with Gasteiger partial charge in [-0.15, -0.1) is 0 Å². The maximum Gasteiger partial charge on any atom is 0.250 e. The van der Waals surface area contributed by atoms with Crippen molar-refractivity contribution in [3.63, 3.8) is 0 Å². The van der Waals surface area contributed by atoms with Crippen molar-refractivity contribution in [2.24, 2.45) is 5.92 Å². The van der Waals surface area contributed by atoms with Gasteiger partial charge in [-0.2, -0.15) is 5.26 Å². The van der Waals surface area contributed by atoms with E-state index in [0.29, 0.717) is 17.2 Å². The van der Waals surface area contributed by atoms with E-state index in [-0.39, 0.29) is 18.6 Å². The lowest BCUT2D eigenvalue weighted by molar-refractivity contribution is -0.123. The van der Waals surface area contributed by atoms with Gasteiger partial charge in [0.15, 0.2) is 0 Å². The van der Waals surface area contributed by atoms with Crippen molar-refractivity contribution in [3.8, 4) is 6.07 Å². The molecule has 1 aromatic rings. The van der Waals surface area contributed by atoms with Gasteiger partial charge in [-0.25, -0.2) is 0 Å². The van der Waals surface area contributed by atoms with Gasteiger partial charge in [0.05, 0.1) is 17.7 Å². The fourth-order valence-electron chi connectivity index (χ4n) is 2.55. The third kappa shape index (κ3) is 4.36. The van der Waals surface area contributed by atoms with E-state index in [9.17, 15) is 4.79 Å². The van der Waals surface area contributed by atoms with Crippen molar-refractivity contribution in [3.05, 3.63) is 29.8 Å². The number of nitrogens with one attached hydrogen (secondary N) is 1. The molecule has 2 unspecified atom stereocenters. The van der Waals surface area contributed by atoms with E-state index in [0.717, 1.165) is 12.8 Å². The number of rotatable bonds is 4. The molecule has 0 radical (unpaired) electrons. The van der Waals surface area contributed by atoms with Crippen LogP contribution in [0.25, 0.3) is 0 Å². The van der Waals surface area contributed by atoms with Gasteiger partial charge in [-0.1, -0.05) is 19.8 Å². The zero-order valence-electron chi connectivity index (χ0n) is 11.8. The molecule has 0 saturated heterocycles. The molecule has 4 heteroatoms. The fourth-order valence-corrected chi connectivity index (χ4v) is 2.55. The van der Waals surface area contributed by atoms with Gasteiger partial charge in [-0.3, -0.25) is 4.79 Å². The Bertz CT molecular complexity index is 490. The number of hydrogen-bond acceptors (Lipinski definition) is 3. The van der Waals surface area contributed by atoms with E-state index in [1.165, 1.54) is 12.8 Å². The van der Waals surface area contributed by atoms with Crippen LogP contribution >= 0.6 is 0 Å². The van der Waals surface area contributed by atoms with E-state index in [1.54, 1.807) is 24.3 Å². The van der Waals surface area contributed by atoms with Gasteiger partial charge in [0.2, 0.25) is 5.91 Å². The Balaban J connectivity index is 1.76. The van der Waals surface area contributed by atoms with Crippen LogP contribution in [0.15, 0.2) is 24.3 Å².